The van der Waals surface area contributed by atoms with Crippen LogP contribution < -0.4 is 5.43 Å². The van der Waals surface area contributed by atoms with Crippen LogP contribution in [0.2, 0.25) is 5.15 Å². The second-order valence-corrected chi connectivity index (χ2v) is 3.53. The number of hydrogen-bond donors (Lipinski definition) is 1. The second-order valence-electron chi connectivity index (χ2n) is 3.15. The molecule has 1 aromatic carbocycles. The Bertz CT molecular complexity index is 527. The van der Waals surface area contributed by atoms with Crippen molar-refractivity contribution in [3.8, 4) is 0 Å². The molecule has 2 rings (SSSR count). The third kappa shape index (κ3) is 3.49. The predicted molar refractivity (Wildman–Crippen MR) is 64.7 cm³/mol. The quantitative estimate of drug-likeness (QED) is 0.518. The number of nitrogens with one attached hydrogen (secondary N) is 1. The summed E-state index contributed by atoms with van der Waals surface area (Å²) in [4.78, 5) is 7.64. The third-order valence-electron chi connectivity index (χ3n) is 1.90. The summed E-state index contributed by atoms with van der Waals surface area (Å²) in [6.45, 7) is 0. The van der Waals surface area contributed by atoms with Crippen LogP contribution >= 0.6 is 11.6 Å². The van der Waals surface area contributed by atoms with E-state index in [-0.39, 0.29) is 5.82 Å². The molecule has 0 saturated carbocycles. The van der Waals surface area contributed by atoms with Gasteiger partial charge in [0, 0.05) is 6.07 Å². The molecule has 4 nitrogen and oxygen atoms in total. The minimum absolute atomic E-state index is 0.280. The molecule has 86 valence electrons. The summed E-state index contributed by atoms with van der Waals surface area (Å²) in [7, 11) is 0. The molecule has 6 heteroatoms. The lowest BCUT2D eigenvalue weighted by atomic mass is 10.2. The number of nitrogens with zero attached hydrogens (tertiary/aromatic N) is 3. The zero-order chi connectivity index (χ0) is 12.1. The van der Waals surface area contributed by atoms with Crippen molar-refractivity contribution in [1.82, 2.24) is 9.97 Å². The van der Waals surface area contributed by atoms with Crippen molar-refractivity contribution in [3.05, 3.63) is 53.2 Å². The lowest BCUT2D eigenvalue weighted by molar-refractivity contribution is 0.628. The summed E-state index contributed by atoms with van der Waals surface area (Å²) >= 11 is 5.67. The first-order chi connectivity index (χ1) is 8.24. The smallest absolute Gasteiger partial charge is 0.151 e. The Morgan fingerprint density at radius 3 is 2.71 bits per heavy atom. The molecule has 1 aromatic heterocycles. The second kappa shape index (κ2) is 5.36. The van der Waals surface area contributed by atoms with E-state index in [0.717, 1.165) is 5.56 Å². The Morgan fingerprint density at radius 1 is 1.24 bits per heavy atom. The van der Waals surface area contributed by atoms with E-state index in [9.17, 15) is 4.39 Å². The minimum Gasteiger partial charge on any atom is -0.261 e. The van der Waals surface area contributed by atoms with E-state index in [1.165, 1.54) is 18.5 Å². The number of rotatable bonds is 3. The summed E-state index contributed by atoms with van der Waals surface area (Å²) in [6, 6.07) is 7.51. The lowest BCUT2D eigenvalue weighted by Gasteiger charge is -1.98. The fraction of sp³-hybridized carbons (Fsp3) is 0. The van der Waals surface area contributed by atoms with E-state index in [1.807, 2.05) is 0 Å². The van der Waals surface area contributed by atoms with Crippen LogP contribution in [0.3, 0.4) is 0 Å². The van der Waals surface area contributed by atoms with Gasteiger partial charge in [0.2, 0.25) is 0 Å². The van der Waals surface area contributed by atoms with Crippen LogP contribution in [0.25, 0.3) is 0 Å². The number of anilines is 1. The van der Waals surface area contributed by atoms with Gasteiger partial charge in [-0.25, -0.2) is 14.4 Å². The van der Waals surface area contributed by atoms with Crippen molar-refractivity contribution in [2.24, 2.45) is 5.10 Å². The van der Waals surface area contributed by atoms with E-state index < -0.39 is 0 Å². The van der Waals surface area contributed by atoms with Crippen LogP contribution in [0.15, 0.2) is 41.8 Å². The summed E-state index contributed by atoms with van der Waals surface area (Å²) in [6.07, 6.45) is 2.88. The van der Waals surface area contributed by atoms with E-state index >= 15 is 0 Å². The molecule has 0 fully saturated rings. The highest BCUT2D eigenvalue weighted by Gasteiger charge is 1.93. The Hall–Kier alpha value is -2.01. The fourth-order valence-electron chi connectivity index (χ4n) is 1.12. The Labute approximate surface area is 102 Å². The first kappa shape index (κ1) is 11.5. The monoisotopic (exact) mass is 250 g/mol. The maximum Gasteiger partial charge on any atom is 0.151 e. The fourth-order valence-corrected chi connectivity index (χ4v) is 1.26. The van der Waals surface area contributed by atoms with Gasteiger partial charge >= 0.3 is 0 Å². The summed E-state index contributed by atoms with van der Waals surface area (Å²) in [5.41, 5.74) is 3.47. The zero-order valence-corrected chi connectivity index (χ0v) is 9.39. The molecule has 0 aliphatic rings. The van der Waals surface area contributed by atoms with Crippen LogP contribution in [0, 0.1) is 5.82 Å². The van der Waals surface area contributed by atoms with Gasteiger partial charge in [0.15, 0.2) is 5.82 Å². The van der Waals surface area contributed by atoms with Crippen molar-refractivity contribution in [1.29, 1.82) is 0 Å². The number of hydrogen-bond acceptors (Lipinski definition) is 4. The van der Waals surface area contributed by atoms with Crippen LogP contribution in [-0.4, -0.2) is 16.2 Å². The molecule has 0 atom stereocenters. The number of hydrazone groups is 1. The SMILES string of the molecule is Fc1ccc(C=NNc2cc(Cl)ncn2)cc1. The Morgan fingerprint density at radius 2 is 2.00 bits per heavy atom. The number of halogens is 2. The molecule has 0 aliphatic carbocycles. The van der Waals surface area contributed by atoms with Crippen LogP contribution in [-0.2, 0) is 0 Å². The Balaban J connectivity index is 2.00. The van der Waals surface area contributed by atoms with Crippen molar-refractivity contribution in [2.75, 3.05) is 5.43 Å². The van der Waals surface area contributed by atoms with Gasteiger partial charge in [-0.2, -0.15) is 5.10 Å². The van der Waals surface area contributed by atoms with Crippen LogP contribution in [0.1, 0.15) is 5.56 Å². The molecule has 0 bridgehead atoms. The maximum atomic E-state index is 12.6. The minimum atomic E-state index is -0.280. The molecule has 1 heterocycles. The highest BCUT2D eigenvalue weighted by atomic mass is 35.5. The highest BCUT2D eigenvalue weighted by molar-refractivity contribution is 6.29. The van der Waals surface area contributed by atoms with Crippen LogP contribution in [0.4, 0.5) is 10.2 Å². The van der Waals surface area contributed by atoms with Gasteiger partial charge in [-0.15, -0.1) is 0 Å². The lowest BCUT2D eigenvalue weighted by Crippen LogP contribution is -1.94. The molecule has 0 saturated heterocycles. The Kier molecular flexibility index (Phi) is 3.62. The number of benzene rings is 1. The standard InChI is InChI=1S/C11H8ClFN4/c12-10-5-11(15-7-14-10)17-16-6-8-1-3-9(13)4-2-8/h1-7H,(H,14,15,17). The molecule has 17 heavy (non-hydrogen) atoms. The van der Waals surface area contributed by atoms with Crippen molar-refractivity contribution < 1.29 is 4.39 Å². The molecule has 0 aliphatic heterocycles. The third-order valence-corrected chi connectivity index (χ3v) is 2.10. The van der Waals surface area contributed by atoms with E-state index in [0.29, 0.717) is 11.0 Å². The molecular formula is C11H8ClFN4. The molecule has 0 spiro atoms. The van der Waals surface area contributed by atoms with Crippen molar-refractivity contribution >= 4 is 23.6 Å². The predicted octanol–water partition coefficient (Wildman–Crippen LogP) is 2.72. The molecular weight excluding hydrogens is 243 g/mol. The zero-order valence-electron chi connectivity index (χ0n) is 8.64. The molecule has 1 N–H and O–H groups in total. The van der Waals surface area contributed by atoms with Gasteiger partial charge in [-0.3, -0.25) is 5.43 Å². The molecule has 2 aromatic rings. The van der Waals surface area contributed by atoms with E-state index in [4.69, 9.17) is 11.6 Å². The van der Waals surface area contributed by atoms with Crippen molar-refractivity contribution in [3.63, 3.8) is 0 Å². The van der Waals surface area contributed by atoms with Gasteiger partial charge in [-0.1, -0.05) is 23.7 Å². The van der Waals surface area contributed by atoms with Gasteiger partial charge < -0.3 is 0 Å². The van der Waals surface area contributed by atoms with Crippen LogP contribution in [0.5, 0.6) is 0 Å². The largest absolute Gasteiger partial charge is 0.261 e. The maximum absolute atomic E-state index is 12.6. The average Bonchev–Trinajstić information content (AvgIpc) is 2.32. The average molecular weight is 251 g/mol. The summed E-state index contributed by atoms with van der Waals surface area (Å²) in [5.74, 6) is 0.209. The molecule has 0 unspecified atom stereocenters. The first-order valence-electron chi connectivity index (χ1n) is 4.76. The van der Waals surface area contributed by atoms with Gasteiger partial charge in [0.05, 0.1) is 6.21 Å². The molecule has 0 amide bonds. The normalized spacial score (nSPS) is 10.7. The highest BCUT2D eigenvalue weighted by Crippen LogP contribution is 2.08. The summed E-state index contributed by atoms with van der Waals surface area (Å²) < 4.78 is 12.6. The van der Waals surface area contributed by atoms with Crippen molar-refractivity contribution in [2.45, 2.75) is 0 Å². The van der Waals surface area contributed by atoms with Gasteiger partial charge in [0.1, 0.15) is 17.3 Å². The topological polar surface area (TPSA) is 50.2 Å². The first-order valence-corrected chi connectivity index (χ1v) is 5.14. The molecule has 0 radical (unpaired) electrons. The van der Waals surface area contributed by atoms with E-state index in [1.54, 1.807) is 24.4 Å². The number of aromatic nitrogens is 2. The summed E-state index contributed by atoms with van der Waals surface area (Å²) in [5, 5.41) is 4.27. The van der Waals surface area contributed by atoms with Gasteiger partial charge in [-0.05, 0) is 17.7 Å². The van der Waals surface area contributed by atoms with E-state index in [2.05, 4.69) is 20.5 Å². The van der Waals surface area contributed by atoms with Gasteiger partial charge in [0.25, 0.3) is 0 Å².